The number of aromatic nitrogens is 4. The molecule has 4 aromatic rings. The summed E-state index contributed by atoms with van der Waals surface area (Å²) in [6.45, 7) is 0.663. The molecule has 2 heterocycles. The minimum Gasteiger partial charge on any atom is -0.370 e. The van der Waals surface area contributed by atoms with Crippen molar-refractivity contribution in [1.82, 2.24) is 19.1 Å². The average molecular weight is 442 g/mol. The third kappa shape index (κ3) is 4.43. The van der Waals surface area contributed by atoms with Crippen molar-refractivity contribution in [2.24, 2.45) is 7.05 Å². The van der Waals surface area contributed by atoms with E-state index >= 15 is 0 Å². The number of anilines is 2. The van der Waals surface area contributed by atoms with Gasteiger partial charge in [-0.3, -0.25) is 9.13 Å². The molecule has 0 aliphatic heterocycles. The van der Waals surface area contributed by atoms with E-state index in [-0.39, 0.29) is 18.2 Å². The predicted octanol–water partition coefficient (Wildman–Crippen LogP) is 3.43. The molecule has 7 nitrogen and oxygen atoms in total. The first-order valence-electron chi connectivity index (χ1n) is 9.90. The Morgan fingerprint density at radius 2 is 1.72 bits per heavy atom. The van der Waals surface area contributed by atoms with E-state index < -0.39 is 11.7 Å². The second-order valence-corrected chi connectivity index (χ2v) is 7.39. The van der Waals surface area contributed by atoms with E-state index in [9.17, 15) is 18.0 Å². The quantitative estimate of drug-likeness (QED) is 0.478. The van der Waals surface area contributed by atoms with Crippen LogP contribution in [0.25, 0.3) is 11.0 Å². The van der Waals surface area contributed by atoms with Gasteiger partial charge in [0.25, 0.3) is 0 Å². The molecule has 32 heavy (non-hydrogen) atoms. The Bertz CT molecular complexity index is 1310. The first-order valence-corrected chi connectivity index (χ1v) is 9.90. The molecule has 0 saturated carbocycles. The number of nitrogens with one attached hydrogen (secondary N) is 1. The number of aryl methyl sites for hydroxylation is 1. The van der Waals surface area contributed by atoms with Crippen molar-refractivity contribution in [1.29, 1.82) is 0 Å². The number of nitrogens with zero attached hydrogens (tertiary/aromatic N) is 4. The van der Waals surface area contributed by atoms with Gasteiger partial charge in [-0.05, 0) is 36.2 Å². The van der Waals surface area contributed by atoms with Gasteiger partial charge in [-0.1, -0.05) is 24.3 Å². The predicted molar refractivity (Wildman–Crippen MR) is 116 cm³/mol. The molecule has 0 bridgehead atoms. The van der Waals surface area contributed by atoms with Gasteiger partial charge in [-0.2, -0.15) is 18.2 Å². The molecule has 166 valence electrons. The normalized spacial score (nSPS) is 11.8. The molecule has 0 saturated heterocycles. The van der Waals surface area contributed by atoms with Crippen LogP contribution in [0.2, 0.25) is 0 Å². The molecular formula is C22H21F3N6O. The van der Waals surface area contributed by atoms with E-state index in [4.69, 9.17) is 5.73 Å². The molecule has 0 aliphatic carbocycles. The number of alkyl halides is 3. The van der Waals surface area contributed by atoms with Crippen LogP contribution in [0.4, 0.5) is 24.9 Å². The highest BCUT2D eigenvalue weighted by Crippen LogP contribution is 2.29. The van der Waals surface area contributed by atoms with Crippen LogP contribution in [0.5, 0.6) is 0 Å². The second-order valence-electron chi connectivity index (χ2n) is 7.39. The number of benzene rings is 2. The monoisotopic (exact) mass is 442 g/mol. The summed E-state index contributed by atoms with van der Waals surface area (Å²) in [7, 11) is 1.71. The largest absolute Gasteiger partial charge is 0.416 e. The van der Waals surface area contributed by atoms with E-state index in [1.165, 1.54) is 12.1 Å². The molecule has 0 aliphatic rings. The molecular weight excluding hydrogens is 421 g/mol. The maximum Gasteiger partial charge on any atom is 0.416 e. The molecule has 0 radical (unpaired) electrons. The molecule has 0 amide bonds. The molecule has 2 aromatic heterocycles. The summed E-state index contributed by atoms with van der Waals surface area (Å²) in [5.74, 6) is 0.542. The Labute approximate surface area is 181 Å². The Morgan fingerprint density at radius 1 is 1.03 bits per heavy atom. The van der Waals surface area contributed by atoms with E-state index in [2.05, 4.69) is 15.3 Å². The maximum atomic E-state index is 12.7. The SMILES string of the molecule is Cn1c(=O)n(Cc2cc(NCCc3ccc(C(F)(F)F)cc3)nc(N)n2)c2ccccc21. The third-order valence-electron chi connectivity index (χ3n) is 5.17. The van der Waals surface area contributed by atoms with Crippen molar-refractivity contribution in [3.63, 3.8) is 0 Å². The van der Waals surface area contributed by atoms with Gasteiger partial charge in [-0.15, -0.1) is 0 Å². The highest BCUT2D eigenvalue weighted by molar-refractivity contribution is 5.76. The summed E-state index contributed by atoms with van der Waals surface area (Å²) in [5, 5.41) is 3.12. The first kappa shape index (κ1) is 21.4. The summed E-state index contributed by atoms with van der Waals surface area (Å²) in [4.78, 5) is 21.0. The zero-order valence-electron chi connectivity index (χ0n) is 17.2. The average Bonchev–Trinajstić information content (AvgIpc) is 2.98. The van der Waals surface area contributed by atoms with Crippen LogP contribution >= 0.6 is 0 Å². The van der Waals surface area contributed by atoms with Crippen molar-refractivity contribution in [2.75, 3.05) is 17.6 Å². The molecule has 3 N–H and O–H groups in total. The van der Waals surface area contributed by atoms with Crippen LogP contribution in [0.1, 0.15) is 16.8 Å². The van der Waals surface area contributed by atoms with Crippen LogP contribution in [-0.4, -0.2) is 25.6 Å². The van der Waals surface area contributed by atoms with Gasteiger partial charge >= 0.3 is 11.9 Å². The van der Waals surface area contributed by atoms with Crippen LogP contribution in [0.15, 0.2) is 59.4 Å². The van der Waals surface area contributed by atoms with Gasteiger partial charge in [0, 0.05) is 19.7 Å². The van der Waals surface area contributed by atoms with Gasteiger partial charge in [-0.25, -0.2) is 9.78 Å². The fraction of sp³-hybridized carbons (Fsp3) is 0.227. The standard InChI is InChI=1S/C22H21F3N6O/c1-30-17-4-2-3-5-18(17)31(21(30)32)13-16-12-19(29-20(26)28-16)27-11-10-14-6-8-15(9-7-14)22(23,24)25/h2-9,12H,10-11,13H2,1H3,(H3,26,27,28,29). The van der Waals surface area contributed by atoms with Gasteiger partial charge < -0.3 is 11.1 Å². The minimum absolute atomic E-state index is 0.0628. The molecule has 0 spiro atoms. The third-order valence-corrected chi connectivity index (χ3v) is 5.17. The van der Waals surface area contributed by atoms with Crippen LogP contribution in [0, 0.1) is 0 Å². The van der Waals surface area contributed by atoms with Gasteiger partial charge in [0.1, 0.15) is 5.82 Å². The molecule has 10 heteroatoms. The number of fused-ring (bicyclic) bond motifs is 1. The second kappa shape index (κ2) is 8.37. The topological polar surface area (TPSA) is 90.8 Å². The number of halogens is 3. The number of rotatable bonds is 6. The van der Waals surface area contributed by atoms with E-state index in [1.807, 2.05) is 24.3 Å². The van der Waals surface area contributed by atoms with Crippen LogP contribution in [-0.2, 0) is 26.2 Å². The van der Waals surface area contributed by atoms with Crippen LogP contribution in [0.3, 0.4) is 0 Å². The zero-order chi connectivity index (χ0) is 22.9. The fourth-order valence-electron chi connectivity index (χ4n) is 3.56. The Hall–Kier alpha value is -3.82. The number of nitrogens with two attached hydrogens (primary N) is 1. The van der Waals surface area contributed by atoms with Gasteiger partial charge in [0.05, 0.1) is 28.8 Å². The lowest BCUT2D eigenvalue weighted by molar-refractivity contribution is -0.137. The van der Waals surface area contributed by atoms with E-state index in [0.717, 1.165) is 28.7 Å². The van der Waals surface area contributed by atoms with Gasteiger partial charge in [0.15, 0.2) is 0 Å². The lowest BCUT2D eigenvalue weighted by Crippen LogP contribution is -2.23. The highest BCUT2D eigenvalue weighted by atomic mass is 19.4. The van der Waals surface area contributed by atoms with Crippen LogP contribution < -0.4 is 16.7 Å². The number of hydrogen-bond acceptors (Lipinski definition) is 5. The fourth-order valence-corrected chi connectivity index (χ4v) is 3.56. The summed E-state index contributed by atoms with van der Waals surface area (Å²) >= 11 is 0. The molecule has 4 rings (SSSR count). The Balaban J connectivity index is 1.47. The summed E-state index contributed by atoms with van der Waals surface area (Å²) < 4.78 is 41.2. The number of nitrogen functional groups attached to an aromatic ring is 1. The smallest absolute Gasteiger partial charge is 0.370 e. The summed E-state index contributed by atoms with van der Waals surface area (Å²) in [6.07, 6.45) is -3.85. The summed E-state index contributed by atoms with van der Waals surface area (Å²) in [6, 6.07) is 14.2. The van der Waals surface area contributed by atoms with Crippen molar-refractivity contribution in [3.8, 4) is 0 Å². The lowest BCUT2D eigenvalue weighted by atomic mass is 10.1. The zero-order valence-corrected chi connectivity index (χ0v) is 17.2. The Kier molecular flexibility index (Phi) is 5.60. The molecule has 0 fully saturated rings. The lowest BCUT2D eigenvalue weighted by Gasteiger charge is -2.10. The van der Waals surface area contributed by atoms with E-state index in [0.29, 0.717) is 24.5 Å². The first-order chi connectivity index (χ1) is 15.2. The molecule has 0 unspecified atom stereocenters. The van der Waals surface area contributed by atoms with Gasteiger partial charge in [0.2, 0.25) is 5.95 Å². The van der Waals surface area contributed by atoms with Crippen molar-refractivity contribution < 1.29 is 13.2 Å². The minimum atomic E-state index is -4.35. The number of para-hydroxylation sites is 2. The van der Waals surface area contributed by atoms with Crippen molar-refractivity contribution in [2.45, 2.75) is 19.1 Å². The molecule has 0 atom stereocenters. The number of hydrogen-bond donors (Lipinski definition) is 2. The van der Waals surface area contributed by atoms with Crippen molar-refractivity contribution in [3.05, 3.63) is 81.9 Å². The molecule has 2 aromatic carbocycles. The summed E-state index contributed by atoms with van der Waals surface area (Å²) in [5.41, 5.74) is 7.93. The number of imidazole rings is 1. The van der Waals surface area contributed by atoms with Crippen molar-refractivity contribution >= 4 is 22.8 Å². The van der Waals surface area contributed by atoms with E-state index in [1.54, 1.807) is 22.2 Å². The Morgan fingerprint density at radius 3 is 2.41 bits per heavy atom. The maximum absolute atomic E-state index is 12.7. The highest BCUT2D eigenvalue weighted by Gasteiger charge is 2.29.